The van der Waals surface area contributed by atoms with Gasteiger partial charge < -0.3 is 15.3 Å². The van der Waals surface area contributed by atoms with E-state index in [0.717, 1.165) is 44.1 Å². The Morgan fingerprint density at radius 1 is 1.20 bits per heavy atom. The third kappa shape index (κ3) is 7.79. The van der Waals surface area contributed by atoms with E-state index in [1.54, 1.807) is 0 Å². The number of likely N-dealkylation sites (tertiary alicyclic amines) is 1. The second kappa shape index (κ2) is 11.7. The van der Waals surface area contributed by atoms with Crippen LogP contribution in [-0.4, -0.2) is 46.6 Å². The zero-order chi connectivity index (χ0) is 21.2. The average molecular weight is 411 g/mol. The normalized spacial score (nSPS) is 20.8. The summed E-state index contributed by atoms with van der Waals surface area (Å²) in [6, 6.07) is 10.4. The van der Waals surface area contributed by atoms with E-state index in [-0.39, 0.29) is 17.9 Å². The first-order valence-electron chi connectivity index (χ1n) is 11.3. The fourth-order valence-corrected chi connectivity index (χ4v) is 3.78. The average Bonchev–Trinajstić information content (AvgIpc) is 3.55. The van der Waals surface area contributed by atoms with Crippen molar-refractivity contribution in [3.05, 3.63) is 60.2 Å². The van der Waals surface area contributed by atoms with Crippen LogP contribution in [0.1, 0.15) is 56.9 Å². The third-order valence-corrected chi connectivity index (χ3v) is 5.64. The van der Waals surface area contributed by atoms with E-state index in [9.17, 15) is 14.7 Å². The van der Waals surface area contributed by atoms with Crippen molar-refractivity contribution in [2.75, 3.05) is 6.54 Å². The molecule has 0 radical (unpaired) electrons. The number of aliphatic hydroxyl groups is 1. The molecule has 1 heterocycles. The number of carbonyl (C=O) groups is 2. The highest BCUT2D eigenvalue weighted by Crippen LogP contribution is 2.20. The molecule has 2 aliphatic rings. The molecule has 162 valence electrons. The molecule has 1 unspecified atom stereocenters. The molecule has 1 aromatic carbocycles. The van der Waals surface area contributed by atoms with E-state index in [4.69, 9.17) is 0 Å². The van der Waals surface area contributed by atoms with Crippen LogP contribution in [0.25, 0.3) is 0 Å². The van der Waals surface area contributed by atoms with Gasteiger partial charge in [-0.05, 0) is 44.1 Å². The standard InChI is InChI=1S/C25H34N2O3/c28-23(19-20-9-4-3-5-10-20)17-16-22-11-8-13-25(30)27(22)18-7-2-1-6-12-24(29)26-21-14-15-21/h2-5,7,9-10,16-17,21-23,28H,1,6,8,11-15,18-19H2,(H,26,29)/b7-2-,17-16+/t22-,23?/m1/s1. The number of amides is 2. The highest BCUT2D eigenvalue weighted by Gasteiger charge is 2.25. The van der Waals surface area contributed by atoms with Crippen LogP contribution in [0.3, 0.4) is 0 Å². The molecular weight excluding hydrogens is 376 g/mol. The van der Waals surface area contributed by atoms with E-state index in [1.807, 2.05) is 53.5 Å². The topological polar surface area (TPSA) is 69.6 Å². The van der Waals surface area contributed by atoms with Gasteiger partial charge in [-0.15, -0.1) is 0 Å². The van der Waals surface area contributed by atoms with Gasteiger partial charge >= 0.3 is 0 Å². The van der Waals surface area contributed by atoms with Gasteiger partial charge in [0.05, 0.1) is 12.1 Å². The summed E-state index contributed by atoms with van der Waals surface area (Å²) in [5, 5.41) is 13.3. The molecule has 1 saturated carbocycles. The monoisotopic (exact) mass is 410 g/mol. The van der Waals surface area contributed by atoms with Crippen LogP contribution in [0, 0.1) is 0 Å². The van der Waals surface area contributed by atoms with Crippen LogP contribution >= 0.6 is 0 Å². The van der Waals surface area contributed by atoms with Gasteiger partial charge in [0.2, 0.25) is 11.8 Å². The van der Waals surface area contributed by atoms with Gasteiger partial charge in [-0.1, -0.05) is 54.6 Å². The zero-order valence-corrected chi connectivity index (χ0v) is 17.7. The van der Waals surface area contributed by atoms with Gasteiger partial charge in [0.15, 0.2) is 0 Å². The highest BCUT2D eigenvalue weighted by molar-refractivity contribution is 5.78. The third-order valence-electron chi connectivity index (χ3n) is 5.64. The SMILES string of the molecule is O=C(CCC/C=C\CN1C(=O)CCC[C@@H]1/C=C/C(O)Cc1ccccc1)NC1CC1. The first-order chi connectivity index (χ1) is 14.6. The van der Waals surface area contributed by atoms with Gasteiger partial charge in [-0.25, -0.2) is 0 Å². The number of hydrogen-bond acceptors (Lipinski definition) is 3. The van der Waals surface area contributed by atoms with E-state index in [0.29, 0.717) is 31.8 Å². The van der Waals surface area contributed by atoms with Crippen LogP contribution in [0.5, 0.6) is 0 Å². The lowest BCUT2D eigenvalue weighted by Crippen LogP contribution is -2.42. The summed E-state index contributed by atoms with van der Waals surface area (Å²) in [4.78, 5) is 26.0. The Balaban J connectivity index is 1.41. The summed E-state index contributed by atoms with van der Waals surface area (Å²) in [6.45, 7) is 0.580. The largest absolute Gasteiger partial charge is 0.389 e. The minimum absolute atomic E-state index is 0.0330. The molecular formula is C25H34N2O3. The molecule has 2 fully saturated rings. The lowest BCUT2D eigenvalue weighted by molar-refractivity contribution is -0.134. The first-order valence-corrected chi connectivity index (χ1v) is 11.3. The molecule has 1 aliphatic carbocycles. The quantitative estimate of drug-likeness (QED) is 0.433. The molecule has 3 rings (SSSR count). The van der Waals surface area contributed by atoms with Crippen molar-refractivity contribution < 1.29 is 14.7 Å². The summed E-state index contributed by atoms with van der Waals surface area (Å²) in [6.07, 6.45) is 14.8. The van der Waals surface area contributed by atoms with Gasteiger partial charge in [-0.2, -0.15) is 0 Å². The second-order valence-corrected chi connectivity index (χ2v) is 8.35. The van der Waals surface area contributed by atoms with Gasteiger partial charge in [-0.3, -0.25) is 9.59 Å². The molecule has 2 atom stereocenters. The number of allylic oxidation sites excluding steroid dienone is 1. The molecule has 2 N–H and O–H groups in total. The Labute approximate surface area is 179 Å². The lowest BCUT2D eigenvalue weighted by Gasteiger charge is -2.33. The first kappa shape index (κ1) is 22.3. The van der Waals surface area contributed by atoms with Crippen molar-refractivity contribution in [3.63, 3.8) is 0 Å². The predicted molar refractivity (Wildman–Crippen MR) is 119 cm³/mol. The van der Waals surface area contributed by atoms with Gasteiger partial charge in [0, 0.05) is 31.8 Å². The molecule has 30 heavy (non-hydrogen) atoms. The van der Waals surface area contributed by atoms with E-state index >= 15 is 0 Å². The predicted octanol–water partition coefficient (Wildman–Crippen LogP) is 3.53. The fourth-order valence-electron chi connectivity index (χ4n) is 3.78. The molecule has 1 aromatic rings. The molecule has 1 saturated heterocycles. The van der Waals surface area contributed by atoms with Crippen molar-refractivity contribution >= 4 is 11.8 Å². The Morgan fingerprint density at radius 3 is 2.77 bits per heavy atom. The minimum atomic E-state index is -0.552. The molecule has 0 bridgehead atoms. The molecule has 2 amide bonds. The van der Waals surface area contributed by atoms with E-state index in [2.05, 4.69) is 11.4 Å². The Bertz CT molecular complexity index is 740. The fraction of sp³-hybridized carbons (Fsp3) is 0.520. The van der Waals surface area contributed by atoms with E-state index in [1.165, 1.54) is 0 Å². The summed E-state index contributed by atoms with van der Waals surface area (Å²) >= 11 is 0. The van der Waals surface area contributed by atoms with Crippen molar-refractivity contribution in [1.82, 2.24) is 10.2 Å². The number of rotatable bonds is 11. The number of nitrogens with zero attached hydrogens (tertiary/aromatic N) is 1. The number of benzene rings is 1. The maximum Gasteiger partial charge on any atom is 0.223 e. The van der Waals surface area contributed by atoms with Gasteiger partial charge in [0.25, 0.3) is 0 Å². The number of carbonyl (C=O) groups excluding carboxylic acids is 2. The Morgan fingerprint density at radius 2 is 2.00 bits per heavy atom. The van der Waals surface area contributed by atoms with Crippen molar-refractivity contribution in [3.8, 4) is 0 Å². The van der Waals surface area contributed by atoms with Crippen LogP contribution in [-0.2, 0) is 16.0 Å². The number of piperidine rings is 1. The van der Waals surface area contributed by atoms with E-state index < -0.39 is 6.10 Å². The molecule has 5 nitrogen and oxygen atoms in total. The number of unbranched alkanes of at least 4 members (excludes halogenated alkanes) is 1. The van der Waals surface area contributed by atoms with Crippen LogP contribution < -0.4 is 5.32 Å². The molecule has 5 heteroatoms. The number of aliphatic hydroxyl groups excluding tert-OH is 1. The summed E-state index contributed by atoms with van der Waals surface area (Å²) < 4.78 is 0. The minimum Gasteiger partial charge on any atom is -0.389 e. The Hall–Kier alpha value is -2.40. The van der Waals surface area contributed by atoms with Crippen LogP contribution in [0.4, 0.5) is 0 Å². The Kier molecular flexibility index (Phi) is 8.69. The van der Waals surface area contributed by atoms with Crippen LogP contribution in [0.15, 0.2) is 54.6 Å². The maximum absolute atomic E-state index is 12.4. The van der Waals surface area contributed by atoms with Crippen molar-refractivity contribution in [2.45, 2.75) is 76.0 Å². The smallest absolute Gasteiger partial charge is 0.223 e. The summed E-state index contributed by atoms with van der Waals surface area (Å²) in [5.41, 5.74) is 1.10. The highest BCUT2D eigenvalue weighted by atomic mass is 16.3. The maximum atomic E-state index is 12.4. The number of hydrogen-bond donors (Lipinski definition) is 2. The summed E-state index contributed by atoms with van der Waals surface area (Å²) in [5.74, 6) is 0.318. The lowest BCUT2D eigenvalue weighted by atomic mass is 9.99. The molecule has 0 spiro atoms. The zero-order valence-electron chi connectivity index (χ0n) is 17.7. The second-order valence-electron chi connectivity index (χ2n) is 8.35. The van der Waals surface area contributed by atoms with Crippen molar-refractivity contribution in [1.29, 1.82) is 0 Å². The van der Waals surface area contributed by atoms with Crippen molar-refractivity contribution in [2.24, 2.45) is 0 Å². The van der Waals surface area contributed by atoms with Crippen LogP contribution in [0.2, 0.25) is 0 Å². The van der Waals surface area contributed by atoms with Gasteiger partial charge in [0.1, 0.15) is 0 Å². The number of nitrogens with one attached hydrogen (secondary N) is 1. The molecule has 1 aliphatic heterocycles. The summed E-state index contributed by atoms with van der Waals surface area (Å²) in [7, 11) is 0. The molecule has 0 aromatic heterocycles.